The zero-order valence-corrected chi connectivity index (χ0v) is 15.1. The van der Waals surface area contributed by atoms with Gasteiger partial charge in [-0.05, 0) is 42.5 Å². The van der Waals surface area contributed by atoms with Crippen molar-refractivity contribution in [2.75, 3.05) is 10.6 Å². The monoisotopic (exact) mass is 357 g/mol. The normalized spacial score (nSPS) is 10.7. The molecule has 6 nitrogen and oxygen atoms in total. The van der Waals surface area contributed by atoms with E-state index in [0.29, 0.717) is 0 Å². The molecule has 4 rings (SSSR count). The van der Waals surface area contributed by atoms with E-state index in [2.05, 4.69) is 31.2 Å². The Morgan fingerprint density at radius 2 is 1.89 bits per heavy atom. The molecule has 0 atom stereocenters. The van der Waals surface area contributed by atoms with E-state index in [1.165, 1.54) is 6.92 Å². The highest BCUT2D eigenvalue weighted by atomic mass is 16.1. The molecule has 0 bridgehead atoms. The maximum absolute atomic E-state index is 11.3. The highest BCUT2D eigenvalue weighted by Gasteiger charge is 2.12. The number of nitrogens with zero attached hydrogens (tertiary/aromatic N) is 3. The minimum Gasteiger partial charge on any atom is -0.343 e. The van der Waals surface area contributed by atoms with E-state index in [4.69, 9.17) is 0 Å². The molecule has 0 aliphatic heterocycles. The van der Waals surface area contributed by atoms with E-state index in [1.54, 1.807) is 12.4 Å². The molecule has 6 heteroatoms. The number of pyridine rings is 2. The summed E-state index contributed by atoms with van der Waals surface area (Å²) in [6.07, 6.45) is 5.41. The first-order valence-electron chi connectivity index (χ1n) is 8.61. The molecule has 134 valence electrons. The van der Waals surface area contributed by atoms with Gasteiger partial charge in [-0.15, -0.1) is 0 Å². The van der Waals surface area contributed by atoms with Gasteiger partial charge in [0.15, 0.2) is 0 Å². The molecule has 0 saturated carbocycles. The molecule has 1 amide bonds. The number of nitrogens with one attached hydrogen (secondary N) is 2. The van der Waals surface area contributed by atoms with Crippen LogP contribution in [0.5, 0.6) is 0 Å². The third kappa shape index (κ3) is 3.37. The van der Waals surface area contributed by atoms with Gasteiger partial charge >= 0.3 is 0 Å². The van der Waals surface area contributed by atoms with Crippen molar-refractivity contribution in [3.8, 4) is 11.3 Å². The Labute approximate surface area is 156 Å². The first-order valence-corrected chi connectivity index (χ1v) is 8.61. The van der Waals surface area contributed by atoms with Gasteiger partial charge in [0.2, 0.25) is 5.91 Å². The molecule has 0 spiro atoms. The van der Waals surface area contributed by atoms with Gasteiger partial charge in [-0.3, -0.25) is 9.78 Å². The number of fused-ring (bicyclic) bond motifs is 1. The van der Waals surface area contributed by atoms with Crippen LogP contribution in [0.2, 0.25) is 0 Å². The zero-order valence-electron chi connectivity index (χ0n) is 15.1. The fourth-order valence-corrected chi connectivity index (χ4v) is 3.17. The molecule has 27 heavy (non-hydrogen) atoms. The van der Waals surface area contributed by atoms with Crippen LogP contribution in [0.1, 0.15) is 6.92 Å². The highest BCUT2D eigenvalue weighted by Crippen LogP contribution is 2.31. The molecule has 0 unspecified atom stereocenters. The van der Waals surface area contributed by atoms with Gasteiger partial charge in [-0.2, -0.15) is 0 Å². The second-order valence-corrected chi connectivity index (χ2v) is 6.31. The summed E-state index contributed by atoms with van der Waals surface area (Å²) in [7, 11) is 2.03. The van der Waals surface area contributed by atoms with Gasteiger partial charge in [0.1, 0.15) is 5.82 Å². The number of carbonyl (C=O) groups excluding carboxylic acids is 1. The van der Waals surface area contributed by atoms with Crippen LogP contribution in [0, 0.1) is 0 Å². The first kappa shape index (κ1) is 16.8. The van der Waals surface area contributed by atoms with Crippen molar-refractivity contribution in [3.63, 3.8) is 0 Å². The Bertz CT molecular complexity index is 1120. The standard InChI is InChI=1S/C21H19N5O/c1-14(27)24-16-6-3-7-17(11-16)25-21-18-12-20(15-5-4-9-22-13-15)26(2)19(18)8-10-23-21/h3-13H,1-2H3,(H,23,25)(H,24,27). The fourth-order valence-electron chi connectivity index (χ4n) is 3.17. The van der Waals surface area contributed by atoms with Crippen LogP contribution in [0.15, 0.2) is 67.1 Å². The Hall–Kier alpha value is -3.67. The molecule has 3 aromatic heterocycles. The summed E-state index contributed by atoms with van der Waals surface area (Å²) in [5.41, 5.74) is 4.79. The van der Waals surface area contributed by atoms with E-state index < -0.39 is 0 Å². The van der Waals surface area contributed by atoms with Crippen molar-refractivity contribution in [3.05, 3.63) is 67.1 Å². The fraction of sp³-hybridized carbons (Fsp3) is 0.0952. The minimum atomic E-state index is -0.100. The van der Waals surface area contributed by atoms with E-state index in [0.717, 1.165) is 39.4 Å². The van der Waals surface area contributed by atoms with Gasteiger partial charge in [0, 0.05) is 54.9 Å². The van der Waals surface area contributed by atoms with Gasteiger partial charge in [-0.25, -0.2) is 4.98 Å². The smallest absolute Gasteiger partial charge is 0.221 e. The third-order valence-electron chi connectivity index (χ3n) is 4.37. The molecular weight excluding hydrogens is 338 g/mol. The minimum absolute atomic E-state index is 0.100. The van der Waals surface area contributed by atoms with Crippen LogP contribution in [-0.2, 0) is 11.8 Å². The molecule has 0 fully saturated rings. The van der Waals surface area contributed by atoms with Crippen molar-refractivity contribution < 1.29 is 4.79 Å². The van der Waals surface area contributed by atoms with Crippen molar-refractivity contribution in [1.82, 2.24) is 14.5 Å². The van der Waals surface area contributed by atoms with Crippen LogP contribution in [0.4, 0.5) is 17.2 Å². The highest BCUT2D eigenvalue weighted by molar-refractivity contribution is 5.96. The maximum atomic E-state index is 11.3. The average molecular weight is 357 g/mol. The van der Waals surface area contributed by atoms with Crippen molar-refractivity contribution in [2.45, 2.75) is 6.92 Å². The molecule has 0 aliphatic carbocycles. The third-order valence-corrected chi connectivity index (χ3v) is 4.37. The first-order chi connectivity index (χ1) is 13.1. The molecule has 4 aromatic rings. The number of aromatic nitrogens is 3. The summed E-state index contributed by atoms with van der Waals surface area (Å²) < 4.78 is 2.13. The maximum Gasteiger partial charge on any atom is 0.221 e. The van der Waals surface area contributed by atoms with Crippen LogP contribution < -0.4 is 10.6 Å². The largest absolute Gasteiger partial charge is 0.343 e. The molecule has 0 saturated heterocycles. The molecule has 0 aliphatic rings. The number of hydrogen-bond acceptors (Lipinski definition) is 4. The van der Waals surface area contributed by atoms with Crippen LogP contribution in [0.25, 0.3) is 22.2 Å². The number of rotatable bonds is 4. The Morgan fingerprint density at radius 3 is 2.67 bits per heavy atom. The van der Waals surface area contributed by atoms with Crippen molar-refractivity contribution in [1.29, 1.82) is 0 Å². The Morgan fingerprint density at radius 1 is 1.04 bits per heavy atom. The summed E-state index contributed by atoms with van der Waals surface area (Å²) in [6, 6.07) is 15.6. The zero-order chi connectivity index (χ0) is 18.8. The number of anilines is 3. The predicted octanol–water partition coefficient (Wildman–Crippen LogP) is 4.34. The summed E-state index contributed by atoms with van der Waals surface area (Å²) in [6.45, 7) is 1.49. The molecule has 1 aromatic carbocycles. The second kappa shape index (κ2) is 6.92. The summed E-state index contributed by atoms with van der Waals surface area (Å²) in [4.78, 5) is 20.0. The van der Waals surface area contributed by atoms with Crippen molar-refractivity contribution in [2.24, 2.45) is 7.05 Å². The van der Waals surface area contributed by atoms with Gasteiger partial charge in [-0.1, -0.05) is 6.07 Å². The topological polar surface area (TPSA) is 71.8 Å². The van der Waals surface area contributed by atoms with Crippen LogP contribution >= 0.6 is 0 Å². The molecule has 0 radical (unpaired) electrons. The molecular formula is C21H19N5O. The average Bonchev–Trinajstić information content (AvgIpc) is 3.00. The van der Waals surface area contributed by atoms with Crippen molar-refractivity contribution >= 4 is 34.0 Å². The summed E-state index contributed by atoms with van der Waals surface area (Å²) in [5.74, 6) is 0.662. The van der Waals surface area contributed by atoms with Gasteiger partial charge in [0.05, 0.1) is 11.2 Å². The lowest BCUT2D eigenvalue weighted by Gasteiger charge is -2.09. The second-order valence-electron chi connectivity index (χ2n) is 6.31. The van der Waals surface area contributed by atoms with Gasteiger partial charge < -0.3 is 15.2 Å². The lowest BCUT2D eigenvalue weighted by Crippen LogP contribution is -2.05. The number of aryl methyl sites for hydroxylation is 1. The number of amides is 1. The number of benzene rings is 1. The van der Waals surface area contributed by atoms with E-state index in [-0.39, 0.29) is 5.91 Å². The van der Waals surface area contributed by atoms with Crippen LogP contribution in [-0.4, -0.2) is 20.4 Å². The predicted molar refractivity (Wildman–Crippen MR) is 108 cm³/mol. The SMILES string of the molecule is CC(=O)Nc1cccc(Nc2nccc3c2cc(-c2cccnc2)n3C)c1. The molecule has 2 N–H and O–H groups in total. The lowest BCUT2D eigenvalue weighted by atomic mass is 10.2. The van der Waals surface area contributed by atoms with E-state index >= 15 is 0 Å². The van der Waals surface area contributed by atoms with E-state index in [1.807, 2.05) is 55.7 Å². The van der Waals surface area contributed by atoms with Crippen LogP contribution in [0.3, 0.4) is 0 Å². The van der Waals surface area contributed by atoms with Gasteiger partial charge in [0.25, 0.3) is 0 Å². The lowest BCUT2D eigenvalue weighted by molar-refractivity contribution is -0.114. The number of hydrogen-bond donors (Lipinski definition) is 2. The summed E-state index contributed by atoms with van der Waals surface area (Å²) in [5, 5.41) is 7.17. The van der Waals surface area contributed by atoms with E-state index in [9.17, 15) is 4.79 Å². The summed E-state index contributed by atoms with van der Waals surface area (Å²) >= 11 is 0. The Balaban J connectivity index is 1.74. The molecule has 3 heterocycles. The number of carbonyl (C=O) groups is 1. The quantitative estimate of drug-likeness (QED) is 0.570. The Kier molecular flexibility index (Phi) is 4.30.